The Morgan fingerprint density at radius 3 is 2.47 bits per heavy atom. The summed E-state index contributed by atoms with van der Waals surface area (Å²) >= 11 is 0. The molecule has 2 aromatic carbocycles. The van der Waals surface area contributed by atoms with Gasteiger partial charge in [0.15, 0.2) is 0 Å². The minimum Gasteiger partial charge on any atom is -0.0651 e. The van der Waals surface area contributed by atoms with Crippen LogP contribution >= 0.6 is 0 Å². The lowest BCUT2D eigenvalue weighted by Gasteiger charge is -2.16. The van der Waals surface area contributed by atoms with E-state index in [-0.39, 0.29) is 0 Å². The average Bonchev–Trinajstić information content (AvgIpc) is 2.70. The van der Waals surface area contributed by atoms with Crippen LogP contribution in [0.2, 0.25) is 0 Å². The molecule has 0 radical (unpaired) electrons. The largest absolute Gasteiger partial charge is 0.0651 e. The van der Waals surface area contributed by atoms with Gasteiger partial charge in [0.1, 0.15) is 0 Å². The summed E-state index contributed by atoms with van der Waals surface area (Å²) in [5, 5.41) is 0. The summed E-state index contributed by atoms with van der Waals surface area (Å²) in [6.45, 7) is 9.20. The number of hydrogen-bond acceptors (Lipinski definition) is 0. The molecule has 0 fully saturated rings. The fourth-order valence-electron chi connectivity index (χ4n) is 3.59. The molecule has 1 aliphatic rings. The Morgan fingerprint density at radius 1 is 1.00 bits per heavy atom. The predicted molar refractivity (Wildman–Crippen MR) is 82.9 cm³/mol. The van der Waals surface area contributed by atoms with E-state index in [1.54, 1.807) is 5.56 Å². The second-order valence-electron chi connectivity index (χ2n) is 5.81. The van der Waals surface area contributed by atoms with Gasteiger partial charge in [-0.15, -0.1) is 0 Å². The van der Waals surface area contributed by atoms with Crippen LogP contribution in [0.5, 0.6) is 0 Å². The van der Waals surface area contributed by atoms with E-state index in [0.717, 1.165) is 0 Å². The lowest BCUT2D eigenvalue weighted by Crippen LogP contribution is -1.99. The van der Waals surface area contributed by atoms with Gasteiger partial charge in [0, 0.05) is 5.92 Å². The molecule has 0 saturated carbocycles. The summed E-state index contributed by atoms with van der Waals surface area (Å²) in [4.78, 5) is 0. The van der Waals surface area contributed by atoms with Crippen LogP contribution < -0.4 is 0 Å². The van der Waals surface area contributed by atoms with Gasteiger partial charge in [-0.3, -0.25) is 0 Å². The zero-order chi connectivity index (χ0) is 13.6. The van der Waals surface area contributed by atoms with E-state index in [1.807, 2.05) is 0 Å². The first kappa shape index (κ1) is 12.5. The summed E-state index contributed by atoms with van der Waals surface area (Å²) in [7, 11) is 0. The molecule has 2 aromatic rings. The van der Waals surface area contributed by atoms with E-state index in [4.69, 9.17) is 0 Å². The molecule has 1 atom stereocenters. The summed E-state index contributed by atoms with van der Waals surface area (Å²) in [5.74, 6) is 0.542. The van der Waals surface area contributed by atoms with Crippen LogP contribution in [-0.4, -0.2) is 0 Å². The first-order valence-electron chi connectivity index (χ1n) is 7.37. The van der Waals surface area contributed by atoms with Gasteiger partial charge < -0.3 is 0 Å². The Balaban J connectivity index is 2.28. The highest BCUT2D eigenvalue weighted by atomic mass is 14.3. The van der Waals surface area contributed by atoms with Crippen molar-refractivity contribution in [2.75, 3.05) is 0 Å². The molecule has 1 unspecified atom stereocenters. The predicted octanol–water partition coefficient (Wildman–Crippen LogP) is 5.39. The van der Waals surface area contributed by atoms with E-state index >= 15 is 0 Å². The molecule has 19 heavy (non-hydrogen) atoms. The molecule has 0 aliphatic heterocycles. The normalized spacial score (nSPS) is 16.3. The summed E-state index contributed by atoms with van der Waals surface area (Å²) < 4.78 is 0. The third-order valence-electron chi connectivity index (χ3n) is 4.73. The number of rotatable bonds is 2. The molecule has 0 heterocycles. The Kier molecular flexibility index (Phi) is 2.97. The molecular formula is C19H22. The zero-order valence-corrected chi connectivity index (χ0v) is 12.4. The van der Waals surface area contributed by atoms with Crippen LogP contribution in [0.25, 0.3) is 11.1 Å². The standard InChI is InChI=1S/C19H22/c1-5-8-15-11-18-17-10-7-6-9-16(17)14(4)19(18)13(3)12(15)2/h6-7,9-11,14H,5,8H2,1-4H3. The maximum absolute atomic E-state index is 2.45. The average molecular weight is 250 g/mol. The minimum absolute atomic E-state index is 0.542. The minimum atomic E-state index is 0.542. The van der Waals surface area contributed by atoms with Crippen LogP contribution in [0.3, 0.4) is 0 Å². The van der Waals surface area contributed by atoms with Crippen molar-refractivity contribution in [1.82, 2.24) is 0 Å². The van der Waals surface area contributed by atoms with Crippen molar-refractivity contribution in [1.29, 1.82) is 0 Å². The molecule has 98 valence electrons. The van der Waals surface area contributed by atoms with Crippen LogP contribution in [-0.2, 0) is 6.42 Å². The van der Waals surface area contributed by atoms with Crippen molar-refractivity contribution in [3.63, 3.8) is 0 Å². The maximum atomic E-state index is 2.45. The summed E-state index contributed by atoms with van der Waals surface area (Å²) in [6, 6.07) is 11.3. The van der Waals surface area contributed by atoms with Gasteiger partial charge in [-0.2, -0.15) is 0 Å². The van der Waals surface area contributed by atoms with Crippen molar-refractivity contribution in [2.24, 2.45) is 0 Å². The van der Waals surface area contributed by atoms with Gasteiger partial charge in [0.05, 0.1) is 0 Å². The monoisotopic (exact) mass is 250 g/mol. The van der Waals surface area contributed by atoms with Crippen LogP contribution in [0, 0.1) is 13.8 Å². The molecule has 3 rings (SSSR count). The number of fused-ring (bicyclic) bond motifs is 3. The van der Waals surface area contributed by atoms with Crippen molar-refractivity contribution in [2.45, 2.75) is 46.5 Å². The summed E-state index contributed by atoms with van der Waals surface area (Å²) in [5.41, 5.74) is 10.5. The lowest BCUT2D eigenvalue weighted by atomic mass is 9.88. The van der Waals surface area contributed by atoms with Crippen LogP contribution in [0.4, 0.5) is 0 Å². The molecule has 0 amide bonds. The second kappa shape index (κ2) is 4.52. The smallest absolute Gasteiger partial charge is 0.00760 e. The van der Waals surface area contributed by atoms with Gasteiger partial charge in [-0.25, -0.2) is 0 Å². The van der Waals surface area contributed by atoms with Gasteiger partial charge >= 0.3 is 0 Å². The maximum Gasteiger partial charge on any atom is 0.00760 e. The topological polar surface area (TPSA) is 0 Å². The molecule has 0 nitrogen and oxygen atoms in total. The van der Waals surface area contributed by atoms with Gasteiger partial charge in [0.25, 0.3) is 0 Å². The molecule has 0 bridgehead atoms. The quantitative estimate of drug-likeness (QED) is 0.670. The van der Waals surface area contributed by atoms with E-state index < -0.39 is 0 Å². The molecule has 0 spiro atoms. The SMILES string of the molecule is CCCc1cc2c(c(C)c1C)C(C)c1ccccc1-2. The third-order valence-corrected chi connectivity index (χ3v) is 4.73. The highest BCUT2D eigenvalue weighted by Crippen LogP contribution is 2.47. The number of aryl methyl sites for hydroxylation is 1. The molecule has 0 aromatic heterocycles. The number of benzene rings is 2. The molecule has 1 aliphatic carbocycles. The number of hydrogen-bond donors (Lipinski definition) is 0. The highest BCUT2D eigenvalue weighted by molar-refractivity contribution is 5.81. The first-order chi connectivity index (χ1) is 9.15. The third kappa shape index (κ3) is 1.74. The lowest BCUT2D eigenvalue weighted by molar-refractivity contribution is 0.897. The van der Waals surface area contributed by atoms with E-state index in [0.29, 0.717) is 5.92 Å². The van der Waals surface area contributed by atoms with E-state index in [2.05, 4.69) is 58.0 Å². The van der Waals surface area contributed by atoms with Crippen LogP contribution in [0.1, 0.15) is 54.0 Å². The zero-order valence-electron chi connectivity index (χ0n) is 12.4. The Morgan fingerprint density at radius 2 is 1.74 bits per heavy atom. The Bertz CT molecular complexity index is 635. The highest BCUT2D eigenvalue weighted by Gasteiger charge is 2.27. The fraction of sp³-hybridized carbons (Fsp3) is 0.368. The van der Waals surface area contributed by atoms with Crippen LogP contribution in [0.15, 0.2) is 30.3 Å². The second-order valence-corrected chi connectivity index (χ2v) is 5.81. The van der Waals surface area contributed by atoms with Gasteiger partial charge in [-0.1, -0.05) is 50.6 Å². The van der Waals surface area contributed by atoms with E-state index in [1.165, 1.54) is 46.2 Å². The Hall–Kier alpha value is -1.56. The van der Waals surface area contributed by atoms with Crippen molar-refractivity contribution in [3.8, 4) is 11.1 Å². The van der Waals surface area contributed by atoms with Gasteiger partial charge in [0.2, 0.25) is 0 Å². The molecule has 0 heteroatoms. The van der Waals surface area contributed by atoms with Crippen molar-refractivity contribution >= 4 is 0 Å². The Labute approximate surface area is 116 Å². The van der Waals surface area contributed by atoms with Crippen molar-refractivity contribution < 1.29 is 0 Å². The van der Waals surface area contributed by atoms with E-state index in [9.17, 15) is 0 Å². The molecule has 0 N–H and O–H groups in total. The molecule has 0 saturated heterocycles. The first-order valence-corrected chi connectivity index (χ1v) is 7.37. The molecular weight excluding hydrogens is 228 g/mol. The fourth-order valence-corrected chi connectivity index (χ4v) is 3.59. The van der Waals surface area contributed by atoms with Gasteiger partial charge in [-0.05, 0) is 59.2 Å². The summed E-state index contributed by atoms with van der Waals surface area (Å²) in [6.07, 6.45) is 2.41. The van der Waals surface area contributed by atoms with Crippen molar-refractivity contribution in [3.05, 3.63) is 58.1 Å².